The molecule has 3 rings (SSSR count). The highest BCUT2D eigenvalue weighted by atomic mass is 16.5. The molecule has 2 aromatic carbocycles. The minimum atomic E-state index is -0.528. The molecule has 20 heavy (non-hydrogen) atoms. The molecule has 1 heterocycles. The maximum Gasteiger partial charge on any atom is 0.269 e. The molecule has 0 atom stereocenters. The van der Waals surface area contributed by atoms with Gasteiger partial charge < -0.3 is 10.5 Å². The SMILES string of the molecule is NC(=O)c1ccc2c(c1)OCC(=O)N2c1ccccc1. The van der Waals surface area contributed by atoms with Crippen molar-refractivity contribution in [3.63, 3.8) is 0 Å². The first kappa shape index (κ1) is 12.2. The number of nitrogens with zero attached hydrogens (tertiary/aromatic N) is 1. The van der Waals surface area contributed by atoms with Crippen molar-refractivity contribution in [3.05, 3.63) is 54.1 Å². The van der Waals surface area contributed by atoms with Crippen molar-refractivity contribution in [2.24, 2.45) is 5.73 Å². The summed E-state index contributed by atoms with van der Waals surface area (Å²) < 4.78 is 5.38. The van der Waals surface area contributed by atoms with Crippen molar-refractivity contribution in [2.45, 2.75) is 0 Å². The van der Waals surface area contributed by atoms with E-state index in [0.717, 1.165) is 5.69 Å². The molecule has 1 aliphatic rings. The summed E-state index contributed by atoms with van der Waals surface area (Å²) in [5.41, 5.74) is 6.96. The fourth-order valence-electron chi connectivity index (χ4n) is 2.17. The third kappa shape index (κ3) is 1.99. The molecule has 0 radical (unpaired) electrons. The van der Waals surface area contributed by atoms with Crippen LogP contribution in [0, 0.1) is 0 Å². The zero-order valence-corrected chi connectivity index (χ0v) is 10.6. The fourth-order valence-corrected chi connectivity index (χ4v) is 2.17. The van der Waals surface area contributed by atoms with Crippen molar-refractivity contribution in [2.75, 3.05) is 11.5 Å². The van der Waals surface area contributed by atoms with Crippen LogP contribution in [0.25, 0.3) is 0 Å². The molecule has 0 unspecified atom stereocenters. The average molecular weight is 268 g/mol. The van der Waals surface area contributed by atoms with E-state index >= 15 is 0 Å². The van der Waals surface area contributed by atoms with Crippen LogP contribution in [0.2, 0.25) is 0 Å². The number of nitrogens with two attached hydrogens (primary N) is 1. The molecule has 0 bridgehead atoms. The number of carbonyl (C=O) groups excluding carboxylic acids is 2. The minimum Gasteiger partial charge on any atom is -0.482 e. The molecular weight excluding hydrogens is 256 g/mol. The van der Waals surface area contributed by atoms with E-state index in [-0.39, 0.29) is 12.5 Å². The second-order valence-corrected chi connectivity index (χ2v) is 4.40. The van der Waals surface area contributed by atoms with Gasteiger partial charge in [0, 0.05) is 11.3 Å². The topological polar surface area (TPSA) is 72.6 Å². The molecular formula is C15H12N2O3. The number of anilines is 2. The van der Waals surface area contributed by atoms with Gasteiger partial charge in [0.1, 0.15) is 5.75 Å². The normalized spacial score (nSPS) is 13.6. The minimum absolute atomic E-state index is 0.0654. The largest absolute Gasteiger partial charge is 0.482 e. The number of primary amides is 1. The molecule has 0 spiro atoms. The van der Waals surface area contributed by atoms with Gasteiger partial charge in [-0.1, -0.05) is 18.2 Å². The van der Waals surface area contributed by atoms with Crippen LogP contribution in [0.1, 0.15) is 10.4 Å². The molecule has 1 aliphatic heterocycles. The van der Waals surface area contributed by atoms with Crippen LogP contribution < -0.4 is 15.4 Å². The average Bonchev–Trinajstić information content (AvgIpc) is 2.47. The van der Waals surface area contributed by atoms with Gasteiger partial charge in [-0.15, -0.1) is 0 Å². The van der Waals surface area contributed by atoms with Gasteiger partial charge in [0.15, 0.2) is 6.61 Å². The molecule has 0 saturated carbocycles. The van der Waals surface area contributed by atoms with Gasteiger partial charge in [0.25, 0.3) is 5.91 Å². The van der Waals surface area contributed by atoms with Gasteiger partial charge >= 0.3 is 0 Å². The van der Waals surface area contributed by atoms with Crippen LogP contribution in [0.4, 0.5) is 11.4 Å². The lowest BCUT2D eigenvalue weighted by atomic mass is 10.1. The molecule has 0 fully saturated rings. The summed E-state index contributed by atoms with van der Waals surface area (Å²) in [6.45, 7) is -0.0654. The van der Waals surface area contributed by atoms with E-state index in [9.17, 15) is 9.59 Å². The van der Waals surface area contributed by atoms with Crippen molar-refractivity contribution < 1.29 is 14.3 Å². The highest BCUT2D eigenvalue weighted by Gasteiger charge is 2.27. The summed E-state index contributed by atoms with van der Waals surface area (Å²) in [7, 11) is 0. The number of hydrogen-bond donors (Lipinski definition) is 1. The Morgan fingerprint density at radius 1 is 1.15 bits per heavy atom. The first-order valence-electron chi connectivity index (χ1n) is 6.11. The first-order chi connectivity index (χ1) is 9.66. The number of ether oxygens (including phenoxy) is 1. The second-order valence-electron chi connectivity index (χ2n) is 4.40. The van der Waals surface area contributed by atoms with Gasteiger partial charge in [0.05, 0.1) is 5.69 Å². The zero-order chi connectivity index (χ0) is 14.1. The second kappa shape index (κ2) is 4.70. The van der Waals surface area contributed by atoms with Crippen molar-refractivity contribution >= 4 is 23.2 Å². The number of para-hydroxylation sites is 1. The van der Waals surface area contributed by atoms with Crippen LogP contribution >= 0.6 is 0 Å². The van der Waals surface area contributed by atoms with Gasteiger partial charge in [-0.25, -0.2) is 0 Å². The molecule has 0 aromatic heterocycles. The summed E-state index contributed by atoms with van der Waals surface area (Å²) >= 11 is 0. The van der Waals surface area contributed by atoms with Crippen molar-refractivity contribution in [3.8, 4) is 5.75 Å². The molecule has 100 valence electrons. The molecule has 2 aromatic rings. The Morgan fingerprint density at radius 3 is 2.60 bits per heavy atom. The van der Waals surface area contributed by atoms with Gasteiger partial charge in [0.2, 0.25) is 5.91 Å². The number of fused-ring (bicyclic) bond motifs is 1. The van der Waals surface area contributed by atoms with E-state index < -0.39 is 5.91 Å². The van der Waals surface area contributed by atoms with Gasteiger partial charge in [-0.2, -0.15) is 0 Å². The Balaban J connectivity index is 2.10. The number of carbonyl (C=O) groups is 2. The summed E-state index contributed by atoms with van der Waals surface area (Å²) in [5, 5.41) is 0. The Bertz CT molecular complexity index is 683. The Kier molecular flexibility index (Phi) is 2.87. The Morgan fingerprint density at radius 2 is 1.90 bits per heavy atom. The predicted molar refractivity (Wildman–Crippen MR) is 74.0 cm³/mol. The molecule has 0 aliphatic carbocycles. The van der Waals surface area contributed by atoms with Crippen LogP contribution in [0.5, 0.6) is 5.75 Å². The maximum atomic E-state index is 12.1. The molecule has 5 nitrogen and oxygen atoms in total. The number of hydrogen-bond acceptors (Lipinski definition) is 3. The lowest BCUT2D eigenvalue weighted by Crippen LogP contribution is -2.35. The van der Waals surface area contributed by atoms with Crippen LogP contribution in [0.15, 0.2) is 48.5 Å². The monoisotopic (exact) mass is 268 g/mol. The summed E-state index contributed by atoms with van der Waals surface area (Å²) in [6.07, 6.45) is 0. The number of amides is 2. The smallest absolute Gasteiger partial charge is 0.269 e. The highest BCUT2D eigenvalue weighted by Crippen LogP contribution is 2.37. The van der Waals surface area contributed by atoms with E-state index in [1.54, 1.807) is 23.1 Å². The third-order valence-corrected chi connectivity index (χ3v) is 3.10. The van der Waals surface area contributed by atoms with Crippen molar-refractivity contribution in [1.29, 1.82) is 0 Å². The Hall–Kier alpha value is -2.82. The van der Waals surface area contributed by atoms with E-state index in [1.807, 2.05) is 30.3 Å². The zero-order valence-electron chi connectivity index (χ0n) is 10.6. The van der Waals surface area contributed by atoms with Gasteiger partial charge in [-0.05, 0) is 30.3 Å². The summed E-state index contributed by atoms with van der Waals surface area (Å²) in [5.74, 6) is -0.208. The molecule has 2 N–H and O–H groups in total. The van der Waals surface area contributed by atoms with Crippen LogP contribution in [0.3, 0.4) is 0 Å². The lowest BCUT2D eigenvalue weighted by Gasteiger charge is -2.29. The quantitative estimate of drug-likeness (QED) is 0.903. The van der Waals surface area contributed by atoms with E-state index in [0.29, 0.717) is 17.0 Å². The molecule has 2 amide bonds. The summed E-state index contributed by atoms with van der Waals surface area (Å²) in [4.78, 5) is 24.8. The fraction of sp³-hybridized carbons (Fsp3) is 0.0667. The number of benzene rings is 2. The van der Waals surface area contributed by atoms with Crippen molar-refractivity contribution in [1.82, 2.24) is 0 Å². The van der Waals surface area contributed by atoms with E-state index in [1.165, 1.54) is 0 Å². The van der Waals surface area contributed by atoms with Crippen LogP contribution in [-0.2, 0) is 4.79 Å². The van der Waals surface area contributed by atoms with E-state index in [2.05, 4.69) is 0 Å². The standard InChI is InChI=1S/C15H12N2O3/c16-15(19)10-6-7-12-13(8-10)20-9-14(18)17(12)11-4-2-1-3-5-11/h1-8H,9H2,(H2,16,19). The van der Waals surface area contributed by atoms with E-state index in [4.69, 9.17) is 10.5 Å². The number of rotatable bonds is 2. The maximum absolute atomic E-state index is 12.1. The van der Waals surface area contributed by atoms with Crippen LogP contribution in [-0.4, -0.2) is 18.4 Å². The predicted octanol–water partition coefficient (Wildman–Crippen LogP) is 1.84. The molecule has 5 heteroatoms. The molecule has 0 saturated heterocycles. The summed E-state index contributed by atoms with van der Waals surface area (Å²) in [6, 6.07) is 14.1. The lowest BCUT2D eigenvalue weighted by molar-refractivity contribution is -0.120. The third-order valence-electron chi connectivity index (χ3n) is 3.10. The highest BCUT2D eigenvalue weighted by molar-refractivity contribution is 6.05. The first-order valence-corrected chi connectivity index (χ1v) is 6.11. The Labute approximate surface area is 115 Å². The van der Waals surface area contributed by atoms with Gasteiger partial charge in [-0.3, -0.25) is 14.5 Å².